The van der Waals surface area contributed by atoms with Crippen LogP contribution in [0.25, 0.3) is 0 Å². The highest BCUT2D eigenvalue weighted by Gasteiger charge is 2.49. The van der Waals surface area contributed by atoms with E-state index in [-0.39, 0.29) is 10.0 Å². The van der Waals surface area contributed by atoms with Gasteiger partial charge in [-0.2, -0.15) is 0 Å². The van der Waals surface area contributed by atoms with E-state index in [0.717, 1.165) is 12.2 Å². The van der Waals surface area contributed by atoms with E-state index in [1.54, 1.807) is 0 Å². The summed E-state index contributed by atoms with van der Waals surface area (Å²) in [4.78, 5) is 17.6. The molecule has 5 nitrogen and oxygen atoms in total. The van der Waals surface area contributed by atoms with Crippen LogP contribution in [0.1, 0.15) is 19.3 Å². The van der Waals surface area contributed by atoms with Crippen molar-refractivity contribution < 1.29 is 24.2 Å². The summed E-state index contributed by atoms with van der Waals surface area (Å²) in [6, 6.07) is 0. The molecule has 0 aromatic heterocycles. The van der Waals surface area contributed by atoms with E-state index in [9.17, 15) is 9.67 Å². The summed E-state index contributed by atoms with van der Waals surface area (Å²) < 4.78 is 16.2. The molecule has 0 aromatic rings. The Morgan fingerprint density at radius 1 is 1.50 bits per heavy atom. The van der Waals surface area contributed by atoms with Crippen molar-refractivity contribution >= 4 is 30.2 Å². The highest BCUT2D eigenvalue weighted by Crippen LogP contribution is 2.49. The van der Waals surface area contributed by atoms with Gasteiger partial charge in [-0.15, -0.1) is 0 Å². The van der Waals surface area contributed by atoms with Crippen molar-refractivity contribution in [3.05, 3.63) is 11.9 Å². The van der Waals surface area contributed by atoms with Crippen LogP contribution in [0.2, 0.25) is 0 Å². The third-order valence-electron chi connectivity index (χ3n) is 3.22. The second-order valence-corrected chi connectivity index (χ2v) is 7.14. The molecule has 0 amide bonds. The Labute approximate surface area is 107 Å². The molecule has 2 aliphatic rings. The first kappa shape index (κ1) is 13.0. The minimum Gasteiger partial charge on any atom is -0.389 e. The van der Waals surface area contributed by atoms with Gasteiger partial charge in [0.2, 0.25) is 0 Å². The summed E-state index contributed by atoms with van der Waals surface area (Å²) in [5.74, 6) is 1.09. The Balaban J connectivity index is 2.16. The van der Waals surface area contributed by atoms with Gasteiger partial charge in [-0.05, 0) is 53.8 Å². The largest absolute Gasteiger partial charge is 0.389 e. The van der Waals surface area contributed by atoms with Crippen molar-refractivity contribution in [1.82, 2.24) is 0 Å². The second kappa shape index (κ2) is 4.33. The van der Waals surface area contributed by atoms with Crippen LogP contribution in [0.3, 0.4) is 0 Å². The standard InChI is InChI=1S/C9H14IO5P/c10-8-7(11)6-1-2-9(5-6,15-8)3-4-16(12,13)14/h3-4,6-8,11H,1-2,5H2,(H2,12,13,14)/b4-3+/t6-,7-,8?,9-/m1/s1. The fraction of sp³-hybridized carbons (Fsp3) is 0.778. The molecule has 1 unspecified atom stereocenters. The summed E-state index contributed by atoms with van der Waals surface area (Å²) in [5.41, 5.74) is -0.586. The van der Waals surface area contributed by atoms with E-state index in [4.69, 9.17) is 14.5 Å². The number of fused-ring (bicyclic) bond motifs is 2. The number of alkyl halides is 1. The molecule has 7 heteroatoms. The van der Waals surface area contributed by atoms with Gasteiger partial charge in [0, 0.05) is 5.82 Å². The molecule has 1 saturated carbocycles. The lowest BCUT2D eigenvalue weighted by molar-refractivity contribution is -0.104. The van der Waals surface area contributed by atoms with E-state index in [0.29, 0.717) is 12.8 Å². The fourth-order valence-electron chi connectivity index (χ4n) is 2.41. The smallest absolute Gasteiger partial charge is 0.348 e. The monoisotopic (exact) mass is 360 g/mol. The molecule has 92 valence electrons. The molecule has 2 rings (SSSR count). The van der Waals surface area contributed by atoms with Crippen LogP contribution in [0.5, 0.6) is 0 Å². The van der Waals surface area contributed by atoms with E-state index in [1.807, 2.05) is 22.6 Å². The molecule has 0 aromatic carbocycles. The number of halogens is 1. The molecule has 4 atom stereocenters. The third-order valence-corrected chi connectivity index (χ3v) is 4.75. The Morgan fingerprint density at radius 3 is 2.81 bits per heavy atom. The lowest BCUT2D eigenvalue weighted by Gasteiger charge is -2.37. The Bertz CT molecular complexity index is 354. The van der Waals surface area contributed by atoms with Gasteiger partial charge in [0.25, 0.3) is 0 Å². The normalized spacial score (nSPS) is 44.1. The van der Waals surface area contributed by atoms with Gasteiger partial charge in [-0.25, -0.2) is 0 Å². The van der Waals surface area contributed by atoms with Crippen molar-refractivity contribution in [2.45, 2.75) is 35.1 Å². The molecular weight excluding hydrogens is 346 g/mol. The summed E-state index contributed by atoms with van der Waals surface area (Å²) in [6.45, 7) is 0. The SMILES string of the molecule is O=P(O)(O)/C=C/[C@]12CC[C@H](C1)[C@@H](O)C(I)O2. The zero-order valence-corrected chi connectivity index (χ0v) is 11.5. The molecule has 2 fully saturated rings. The molecule has 1 aliphatic carbocycles. The first-order valence-corrected chi connectivity index (χ1v) is 8.00. The molecule has 2 bridgehead atoms. The average Bonchev–Trinajstić information content (AvgIpc) is 2.53. The van der Waals surface area contributed by atoms with Gasteiger partial charge in [0.1, 0.15) is 4.11 Å². The predicted octanol–water partition coefficient (Wildman–Crippen LogP) is 1.37. The maximum atomic E-state index is 10.8. The Morgan fingerprint density at radius 2 is 2.19 bits per heavy atom. The highest BCUT2D eigenvalue weighted by molar-refractivity contribution is 14.1. The molecule has 0 spiro atoms. The van der Waals surface area contributed by atoms with Crippen LogP contribution in [0, 0.1) is 5.92 Å². The number of aliphatic hydroxyl groups is 1. The molecule has 1 aliphatic heterocycles. The van der Waals surface area contributed by atoms with Crippen molar-refractivity contribution in [2.24, 2.45) is 5.92 Å². The van der Waals surface area contributed by atoms with Crippen molar-refractivity contribution in [3.8, 4) is 0 Å². The number of rotatable bonds is 2. The van der Waals surface area contributed by atoms with Gasteiger partial charge in [0.15, 0.2) is 0 Å². The first-order chi connectivity index (χ1) is 7.31. The number of hydrogen-bond donors (Lipinski definition) is 3. The van der Waals surface area contributed by atoms with E-state index in [2.05, 4.69) is 0 Å². The van der Waals surface area contributed by atoms with Crippen molar-refractivity contribution in [3.63, 3.8) is 0 Å². The average molecular weight is 360 g/mol. The van der Waals surface area contributed by atoms with Gasteiger partial charge in [-0.1, -0.05) is 0 Å². The van der Waals surface area contributed by atoms with Gasteiger partial charge in [0.05, 0.1) is 11.7 Å². The van der Waals surface area contributed by atoms with Gasteiger partial charge >= 0.3 is 7.60 Å². The number of aliphatic hydroxyl groups excluding tert-OH is 1. The van der Waals surface area contributed by atoms with Crippen LogP contribution < -0.4 is 0 Å². The zero-order valence-electron chi connectivity index (χ0n) is 8.49. The molecule has 1 heterocycles. The van der Waals surface area contributed by atoms with Crippen LogP contribution >= 0.6 is 30.2 Å². The molecule has 1 saturated heterocycles. The predicted molar refractivity (Wildman–Crippen MR) is 66.2 cm³/mol. The zero-order chi connectivity index (χ0) is 12.0. The summed E-state index contributed by atoms with van der Waals surface area (Å²) in [5, 5.41) is 9.80. The van der Waals surface area contributed by atoms with E-state index in [1.165, 1.54) is 6.08 Å². The van der Waals surface area contributed by atoms with Crippen LogP contribution in [-0.2, 0) is 9.30 Å². The Kier molecular flexibility index (Phi) is 3.51. The van der Waals surface area contributed by atoms with Crippen LogP contribution in [0.4, 0.5) is 0 Å². The number of ether oxygens (including phenoxy) is 1. The van der Waals surface area contributed by atoms with Crippen LogP contribution in [-0.4, -0.2) is 30.7 Å². The third kappa shape index (κ3) is 2.68. The molecular formula is C9H14IO5P. The van der Waals surface area contributed by atoms with Crippen molar-refractivity contribution in [2.75, 3.05) is 0 Å². The summed E-state index contributed by atoms with van der Waals surface area (Å²) in [6.07, 6.45) is 3.20. The maximum absolute atomic E-state index is 10.8. The quantitative estimate of drug-likeness (QED) is 0.393. The van der Waals surface area contributed by atoms with E-state index < -0.39 is 19.3 Å². The first-order valence-electron chi connectivity index (χ1n) is 5.07. The second-order valence-electron chi connectivity index (χ2n) is 4.43. The minimum absolute atomic E-state index is 0.178. The molecule has 3 N–H and O–H groups in total. The summed E-state index contributed by atoms with van der Waals surface area (Å²) >= 11 is 2.02. The summed E-state index contributed by atoms with van der Waals surface area (Å²) in [7, 11) is -4.13. The minimum atomic E-state index is -4.13. The van der Waals surface area contributed by atoms with Gasteiger partial charge < -0.3 is 19.6 Å². The van der Waals surface area contributed by atoms with E-state index >= 15 is 0 Å². The van der Waals surface area contributed by atoms with Gasteiger partial charge in [-0.3, -0.25) is 4.57 Å². The lowest BCUT2D eigenvalue weighted by atomic mass is 9.94. The highest BCUT2D eigenvalue weighted by atomic mass is 127. The lowest BCUT2D eigenvalue weighted by Crippen LogP contribution is -2.43. The fourth-order valence-corrected chi connectivity index (χ4v) is 3.97. The molecule has 16 heavy (non-hydrogen) atoms. The van der Waals surface area contributed by atoms with Crippen LogP contribution in [0.15, 0.2) is 11.9 Å². The maximum Gasteiger partial charge on any atom is 0.348 e. The number of hydrogen-bond acceptors (Lipinski definition) is 3. The molecule has 0 radical (unpaired) electrons. The Hall–Kier alpha value is 0.540. The topological polar surface area (TPSA) is 87.0 Å². The van der Waals surface area contributed by atoms with Crippen molar-refractivity contribution in [1.29, 1.82) is 0 Å².